The fourth-order valence-electron chi connectivity index (χ4n) is 5.24. The third-order valence-corrected chi connectivity index (χ3v) is 10.6. The molecule has 5 aromatic rings. The van der Waals surface area contributed by atoms with E-state index in [9.17, 15) is 48.8 Å². The molecule has 0 aromatic heterocycles. The maximum Gasteiger partial charge on any atom is 1.00 e. The Morgan fingerprint density at radius 3 is 1.79 bits per heavy atom. The van der Waals surface area contributed by atoms with Crippen molar-refractivity contribution in [2.24, 2.45) is 30.6 Å². The van der Waals surface area contributed by atoms with Crippen molar-refractivity contribution in [3.63, 3.8) is 0 Å². The molecule has 0 saturated carbocycles. The molecule has 0 saturated heterocycles. The first-order valence-corrected chi connectivity index (χ1v) is 20.5. The molecular weight excluding hydrogens is 902 g/mol. The number of azo groups is 2. The number of nitrogen functional groups attached to an aromatic ring is 3. The molecule has 21 nitrogen and oxygen atoms in total. The Morgan fingerprint density at radius 2 is 1.24 bits per heavy atom. The Balaban J connectivity index is 0.00000341. The quantitative estimate of drug-likeness (QED) is 0.0158. The topological polar surface area (TPSA) is 373 Å². The Kier molecular flexibility index (Phi) is 17.6. The average Bonchev–Trinajstić information content (AvgIpc) is 3.16. The van der Waals surface area contributed by atoms with Gasteiger partial charge in [-0.05, 0) is 108 Å². The van der Waals surface area contributed by atoms with E-state index in [1.165, 1.54) is 36.4 Å². The van der Waals surface area contributed by atoms with Crippen molar-refractivity contribution in [1.29, 1.82) is 0 Å². The van der Waals surface area contributed by atoms with Crippen molar-refractivity contribution in [2.75, 3.05) is 22.6 Å². The summed E-state index contributed by atoms with van der Waals surface area (Å²) in [6, 6.07) is 20.8. The fourth-order valence-corrected chi connectivity index (χ4v) is 7.02. The number of anilines is 4. The van der Waals surface area contributed by atoms with E-state index in [1.54, 1.807) is 30.3 Å². The number of nitrogens with one attached hydrogen (secondary N) is 1. The van der Waals surface area contributed by atoms with Gasteiger partial charge in [0.1, 0.15) is 36.5 Å². The fraction of sp³-hybridized carbons (Fsp3) is 0. The van der Waals surface area contributed by atoms with E-state index in [-0.39, 0.29) is 106 Å². The summed E-state index contributed by atoms with van der Waals surface area (Å²) in [6.45, 7) is 0. The summed E-state index contributed by atoms with van der Waals surface area (Å²) in [5, 5.41) is 32.5. The summed E-state index contributed by atoms with van der Waals surface area (Å²) in [5.41, 5.74) is 18.6. The molecule has 0 radical (unpaired) electrons. The van der Waals surface area contributed by atoms with Gasteiger partial charge >= 0.3 is 88.7 Å². The normalized spacial score (nSPS) is 13.8. The third-order valence-electron chi connectivity index (χ3n) is 8.07. The molecule has 0 bridgehead atoms. The molecule has 0 unspecified atom stereocenters. The van der Waals surface area contributed by atoms with Crippen LogP contribution in [0.25, 0.3) is 6.08 Å². The molecule has 0 spiro atoms. The number of fused-ring (bicyclic) bond motifs is 1. The number of benzene rings is 5. The third kappa shape index (κ3) is 12.5. The van der Waals surface area contributed by atoms with Gasteiger partial charge in [0.2, 0.25) is 5.78 Å². The van der Waals surface area contributed by atoms with Crippen molar-refractivity contribution >= 4 is 105 Å². The number of aliphatic imine (C=N–C) groups is 1. The van der Waals surface area contributed by atoms with Crippen LogP contribution in [-0.4, -0.2) is 56.3 Å². The van der Waals surface area contributed by atoms with Crippen molar-refractivity contribution in [1.82, 2.24) is 0 Å². The van der Waals surface area contributed by atoms with Gasteiger partial charge in [0.15, 0.2) is 5.71 Å². The molecule has 1 aliphatic rings. The van der Waals surface area contributed by atoms with Crippen LogP contribution in [0.3, 0.4) is 0 Å². The van der Waals surface area contributed by atoms with Crippen molar-refractivity contribution in [2.45, 2.75) is 9.79 Å². The monoisotopic (exact) mass is 926 g/mol. The number of ketones is 1. The van der Waals surface area contributed by atoms with Crippen LogP contribution in [0.2, 0.25) is 0 Å². The minimum absolute atomic E-state index is 0. The van der Waals surface area contributed by atoms with Crippen LogP contribution in [0.1, 0.15) is 21.5 Å². The molecule has 27 heteroatoms. The number of nitrogens with two attached hydrogens (primary N) is 3. The van der Waals surface area contributed by atoms with E-state index in [1.807, 2.05) is 0 Å². The summed E-state index contributed by atoms with van der Waals surface area (Å²) < 4.78 is 105. The molecule has 302 valence electrons. The van der Waals surface area contributed by atoms with Gasteiger partial charge in [-0.2, -0.15) is 23.7 Å². The molecule has 0 aliphatic heterocycles. The zero-order valence-electron chi connectivity index (χ0n) is 32.5. The van der Waals surface area contributed by atoms with E-state index in [0.29, 0.717) is 40.6 Å². The van der Waals surface area contributed by atoms with E-state index in [2.05, 4.69) is 36.0 Å². The molecule has 6 rings (SSSR count). The number of hydrazone groups is 1. The molecule has 8 N–H and O–H groups in total. The van der Waals surface area contributed by atoms with Gasteiger partial charge < -0.3 is 31.4 Å². The van der Waals surface area contributed by atoms with Crippen LogP contribution < -0.4 is 116 Å². The number of carbonyl (C=O) groups excluding carboxylic acids is 1. The Hall–Kier alpha value is -4.22. The second-order valence-electron chi connectivity index (χ2n) is 12.1. The first-order chi connectivity index (χ1) is 27.7. The summed E-state index contributed by atoms with van der Waals surface area (Å²) in [4.78, 5) is 14.9. The largest absolute Gasteiger partial charge is 1.00 e. The van der Waals surface area contributed by atoms with Crippen LogP contribution in [0, 0.1) is 0 Å². The van der Waals surface area contributed by atoms with Gasteiger partial charge in [0.25, 0.3) is 10.1 Å². The Morgan fingerprint density at radius 1 is 0.677 bits per heavy atom. The summed E-state index contributed by atoms with van der Waals surface area (Å²) in [7, 11) is -15.5. The van der Waals surface area contributed by atoms with Crippen LogP contribution in [-0.2, 0) is 30.4 Å². The minimum Gasteiger partial charge on any atom is -0.858 e. The number of hydrogen-bond donors (Lipinski definition) is 5. The standard InChI is InChI=1S/C35H28N10O11S3.3Na/c36-20-3-14-27(26(37)17-20)43-40-23-8-6-21(7-9-23)39-35(47)18-1-4-22(5-2-18)41-44-32-28(58(51,52)53)15-19-16-29(59(54,55)56)33(34(46)30(19)31(32)38)45-42-24-10-12-25(13-11-24)57(48,49)50;;;/h1-17,42H,36-38H2,(H,39,47)(H,48,49,50)(H,51,52,53)(H,54,55,56);;;/q;3*+1/p-3/b43-40?,44-41?,45-33+;;;. The maximum atomic E-state index is 13.7. The average molecular weight is 927 g/mol. The molecule has 0 fully saturated rings. The number of rotatable bonds is 11. The van der Waals surface area contributed by atoms with Gasteiger partial charge in [-0.3, -0.25) is 19.8 Å². The summed E-state index contributed by atoms with van der Waals surface area (Å²) in [6.07, 6.45) is 0.645. The van der Waals surface area contributed by atoms with Gasteiger partial charge in [0.05, 0.1) is 49.5 Å². The molecule has 0 atom stereocenters. The maximum absolute atomic E-state index is 13.7. The van der Waals surface area contributed by atoms with E-state index in [0.717, 1.165) is 24.3 Å². The molecule has 0 heterocycles. The molecule has 1 aliphatic carbocycles. The SMILES string of the molecule is Nc1ccc(N=Nc2ccc(N=C([O-])c3ccc(N=Nc4c(S(=O)(=O)[O-])cc5c(c4N)C(=O)/C(=N/Nc4ccc(S(=O)(=O)[O-])cc4)C(S(=O)(=O)O)=C5)cc3)cc2)c(N)c1.[Na+].[Na+].[Na+]. The summed E-state index contributed by atoms with van der Waals surface area (Å²) >= 11 is 0. The van der Waals surface area contributed by atoms with Crippen LogP contribution in [0.5, 0.6) is 0 Å². The number of Topliss-reactive ketones (excluding diaryl/α,β-unsaturated/α-hetero) is 1. The molecule has 62 heavy (non-hydrogen) atoms. The van der Waals surface area contributed by atoms with E-state index in [4.69, 9.17) is 17.2 Å². The summed E-state index contributed by atoms with van der Waals surface area (Å²) in [5.74, 6) is -1.93. The van der Waals surface area contributed by atoms with Crippen molar-refractivity contribution in [3.8, 4) is 0 Å². The molecule has 0 amide bonds. The Labute approximate surface area is 419 Å². The van der Waals surface area contributed by atoms with Gasteiger partial charge in [-0.25, -0.2) is 16.8 Å². The number of allylic oxidation sites excluding steroid dienone is 1. The van der Waals surface area contributed by atoms with Gasteiger partial charge in [0, 0.05) is 5.69 Å². The Bertz CT molecular complexity index is 3040. The zero-order valence-corrected chi connectivity index (χ0v) is 40.9. The smallest absolute Gasteiger partial charge is 0.858 e. The van der Waals surface area contributed by atoms with Crippen molar-refractivity contribution in [3.05, 3.63) is 119 Å². The molecular formula is C35H25N10Na3O11S3. The number of nitrogens with zero attached hydrogens (tertiary/aromatic N) is 6. The second kappa shape index (κ2) is 21.0. The zero-order chi connectivity index (χ0) is 42.9. The second-order valence-corrected chi connectivity index (χ2v) is 16.2. The predicted octanol–water partition coefficient (Wildman–Crippen LogP) is -4.58. The number of hydrogen-bond acceptors (Lipinski definition) is 20. The molecule has 5 aromatic carbocycles. The predicted molar refractivity (Wildman–Crippen MR) is 211 cm³/mol. The first kappa shape index (κ1) is 52.1. The van der Waals surface area contributed by atoms with Gasteiger partial charge in [-0.1, -0.05) is 12.1 Å². The van der Waals surface area contributed by atoms with E-state index < -0.39 is 84.9 Å². The van der Waals surface area contributed by atoms with Crippen LogP contribution in [0.15, 0.2) is 142 Å². The van der Waals surface area contributed by atoms with Gasteiger partial charge in [-0.15, -0.1) is 10.2 Å². The van der Waals surface area contributed by atoms with Crippen molar-refractivity contribution < 1.29 is 137 Å². The first-order valence-electron chi connectivity index (χ1n) is 16.2. The minimum atomic E-state index is -5.43. The number of carbonyl (C=O) groups is 1. The van der Waals surface area contributed by atoms with Crippen LogP contribution in [0.4, 0.5) is 51.2 Å². The van der Waals surface area contributed by atoms with E-state index >= 15 is 0 Å². The van der Waals surface area contributed by atoms with Crippen LogP contribution >= 0.6 is 0 Å².